The molecule has 0 aliphatic rings. The van der Waals surface area contributed by atoms with Crippen molar-refractivity contribution in [2.45, 2.75) is 33.8 Å². The van der Waals surface area contributed by atoms with E-state index in [2.05, 4.69) is 41.0 Å². The quantitative estimate of drug-likeness (QED) is 0.877. The average molecular weight is 287 g/mol. The third-order valence-electron chi connectivity index (χ3n) is 3.50. The first kappa shape index (κ1) is 15.0. The van der Waals surface area contributed by atoms with E-state index in [1.807, 2.05) is 6.20 Å². The molecule has 0 atom stereocenters. The number of hydrogen-bond acceptors (Lipinski definition) is 6. The summed E-state index contributed by atoms with van der Waals surface area (Å²) in [6.07, 6.45) is 4.45. The number of nitrogen functional groups attached to an aromatic ring is 1. The van der Waals surface area contributed by atoms with Gasteiger partial charge < -0.3 is 15.8 Å². The van der Waals surface area contributed by atoms with Crippen LogP contribution in [0.25, 0.3) is 0 Å². The van der Waals surface area contributed by atoms with Crippen molar-refractivity contribution in [1.82, 2.24) is 15.0 Å². The predicted octanol–water partition coefficient (Wildman–Crippen LogP) is 2.25. The summed E-state index contributed by atoms with van der Waals surface area (Å²) in [4.78, 5) is 12.5. The number of anilines is 2. The number of aryl methyl sites for hydroxylation is 1. The van der Waals surface area contributed by atoms with Crippen LogP contribution in [0.5, 0.6) is 5.75 Å². The second-order valence-electron chi connectivity index (χ2n) is 4.82. The molecule has 3 N–H and O–H groups in total. The highest BCUT2D eigenvalue weighted by Crippen LogP contribution is 2.23. The molecule has 0 saturated carbocycles. The largest absolute Gasteiger partial charge is 0.482 e. The van der Waals surface area contributed by atoms with Gasteiger partial charge in [-0.25, -0.2) is 4.98 Å². The second kappa shape index (κ2) is 6.39. The van der Waals surface area contributed by atoms with Gasteiger partial charge in [0.2, 0.25) is 5.95 Å². The van der Waals surface area contributed by atoms with Crippen molar-refractivity contribution in [2.75, 3.05) is 18.1 Å². The molecule has 2 heterocycles. The molecule has 0 unspecified atom stereocenters. The van der Waals surface area contributed by atoms with Crippen molar-refractivity contribution in [3.8, 4) is 5.75 Å². The maximum atomic E-state index is 5.78. The van der Waals surface area contributed by atoms with Gasteiger partial charge in [0.1, 0.15) is 6.61 Å². The molecule has 2 aromatic heterocycles. The Morgan fingerprint density at radius 1 is 1.24 bits per heavy atom. The summed E-state index contributed by atoms with van der Waals surface area (Å²) >= 11 is 0. The van der Waals surface area contributed by atoms with Crippen molar-refractivity contribution in [3.05, 3.63) is 34.8 Å². The normalized spacial score (nSPS) is 10.5. The molecule has 112 valence electrons. The van der Waals surface area contributed by atoms with Crippen LogP contribution in [-0.2, 0) is 13.0 Å². The Morgan fingerprint density at radius 2 is 2.00 bits per heavy atom. The van der Waals surface area contributed by atoms with Crippen LogP contribution < -0.4 is 15.8 Å². The number of nitrogens with two attached hydrogens (primary N) is 1. The highest BCUT2D eigenvalue weighted by Gasteiger charge is 2.10. The van der Waals surface area contributed by atoms with Crippen molar-refractivity contribution >= 4 is 11.8 Å². The van der Waals surface area contributed by atoms with Crippen molar-refractivity contribution in [2.24, 2.45) is 0 Å². The zero-order valence-corrected chi connectivity index (χ0v) is 12.9. The highest BCUT2D eigenvalue weighted by molar-refractivity contribution is 5.50. The number of nitrogens with zero attached hydrogens (tertiary/aromatic N) is 3. The topological polar surface area (TPSA) is 86.0 Å². The fraction of sp³-hybridized carbons (Fsp3) is 0.400. The minimum Gasteiger partial charge on any atom is -0.482 e. The number of aromatic nitrogens is 3. The highest BCUT2D eigenvalue weighted by atomic mass is 16.5. The lowest BCUT2D eigenvalue weighted by Gasteiger charge is -2.14. The van der Waals surface area contributed by atoms with Crippen LogP contribution >= 0.6 is 0 Å². The summed E-state index contributed by atoms with van der Waals surface area (Å²) in [6.45, 7) is 6.68. The average Bonchev–Trinajstić information content (AvgIpc) is 2.48. The lowest BCUT2D eigenvalue weighted by atomic mass is 10.0. The molecule has 0 spiro atoms. The first-order valence-corrected chi connectivity index (χ1v) is 6.93. The van der Waals surface area contributed by atoms with Gasteiger partial charge in [-0.1, -0.05) is 6.92 Å². The Bertz CT molecular complexity index is 642. The zero-order valence-electron chi connectivity index (χ0n) is 12.9. The number of hydrogen-bond donors (Lipinski definition) is 2. The fourth-order valence-electron chi connectivity index (χ4n) is 2.32. The second-order valence-corrected chi connectivity index (χ2v) is 4.82. The molecule has 2 aromatic rings. The zero-order chi connectivity index (χ0) is 15.4. The fourth-order valence-corrected chi connectivity index (χ4v) is 2.32. The molecule has 0 aliphatic heterocycles. The van der Waals surface area contributed by atoms with Gasteiger partial charge in [-0.05, 0) is 37.0 Å². The molecule has 0 fully saturated rings. The molecule has 6 nitrogen and oxygen atoms in total. The van der Waals surface area contributed by atoms with Gasteiger partial charge in [0, 0.05) is 13.2 Å². The molecule has 6 heteroatoms. The summed E-state index contributed by atoms with van der Waals surface area (Å²) in [7, 11) is 1.76. The maximum Gasteiger partial charge on any atom is 0.222 e. The maximum absolute atomic E-state index is 5.78. The lowest BCUT2D eigenvalue weighted by molar-refractivity contribution is 0.299. The van der Waals surface area contributed by atoms with Crippen molar-refractivity contribution in [1.29, 1.82) is 0 Å². The third kappa shape index (κ3) is 3.21. The number of ether oxygens (including phenoxy) is 1. The molecule has 0 radical (unpaired) electrons. The minimum atomic E-state index is 0.213. The van der Waals surface area contributed by atoms with E-state index in [1.165, 1.54) is 16.7 Å². The molecular formula is C15H21N5O. The van der Waals surface area contributed by atoms with Gasteiger partial charge in [0.05, 0.1) is 11.9 Å². The molecule has 0 saturated heterocycles. The van der Waals surface area contributed by atoms with E-state index in [0.717, 1.165) is 12.1 Å². The Labute approximate surface area is 124 Å². The van der Waals surface area contributed by atoms with Crippen LogP contribution in [0.3, 0.4) is 0 Å². The van der Waals surface area contributed by atoms with E-state index < -0.39 is 0 Å². The number of rotatable bonds is 5. The minimum absolute atomic E-state index is 0.213. The molecule has 0 aromatic carbocycles. The molecule has 0 aliphatic carbocycles. The van der Waals surface area contributed by atoms with Gasteiger partial charge in [0.25, 0.3) is 0 Å². The van der Waals surface area contributed by atoms with Crippen LogP contribution in [-0.4, -0.2) is 22.0 Å². The molecule has 2 rings (SSSR count). The van der Waals surface area contributed by atoms with Crippen LogP contribution in [0.15, 0.2) is 12.4 Å². The SMILES string of the molecule is CCc1c(C)cnc(COc2cnc(N)nc2NC)c1C. The Kier molecular flexibility index (Phi) is 4.57. The van der Waals surface area contributed by atoms with E-state index in [-0.39, 0.29) is 5.95 Å². The lowest BCUT2D eigenvalue weighted by Crippen LogP contribution is -2.08. The predicted molar refractivity (Wildman–Crippen MR) is 83.4 cm³/mol. The monoisotopic (exact) mass is 287 g/mol. The van der Waals surface area contributed by atoms with E-state index in [4.69, 9.17) is 10.5 Å². The first-order chi connectivity index (χ1) is 10.1. The molecule has 0 bridgehead atoms. The van der Waals surface area contributed by atoms with E-state index in [9.17, 15) is 0 Å². The summed E-state index contributed by atoms with van der Waals surface area (Å²) in [5, 5.41) is 2.94. The van der Waals surface area contributed by atoms with Crippen molar-refractivity contribution in [3.63, 3.8) is 0 Å². The summed E-state index contributed by atoms with van der Waals surface area (Å²) in [5.41, 5.74) is 10.2. The first-order valence-electron chi connectivity index (χ1n) is 6.93. The molecular weight excluding hydrogens is 266 g/mol. The Morgan fingerprint density at radius 3 is 2.67 bits per heavy atom. The summed E-state index contributed by atoms with van der Waals surface area (Å²) in [5.74, 6) is 1.35. The van der Waals surface area contributed by atoms with Crippen LogP contribution in [0.2, 0.25) is 0 Å². The summed E-state index contributed by atoms with van der Waals surface area (Å²) in [6, 6.07) is 0. The standard InChI is InChI=1S/C15H21N5O/c1-5-11-9(2)6-18-12(10(11)3)8-21-13-7-19-15(16)20-14(13)17-4/h6-7H,5,8H2,1-4H3,(H3,16,17,19,20). The molecule has 0 amide bonds. The van der Waals surface area contributed by atoms with Gasteiger partial charge >= 0.3 is 0 Å². The van der Waals surface area contributed by atoms with E-state index in [0.29, 0.717) is 18.2 Å². The smallest absolute Gasteiger partial charge is 0.222 e. The number of nitrogens with one attached hydrogen (secondary N) is 1. The van der Waals surface area contributed by atoms with E-state index in [1.54, 1.807) is 13.2 Å². The number of pyridine rings is 1. The van der Waals surface area contributed by atoms with Gasteiger partial charge in [0.15, 0.2) is 11.6 Å². The van der Waals surface area contributed by atoms with Crippen molar-refractivity contribution < 1.29 is 4.74 Å². The summed E-state index contributed by atoms with van der Waals surface area (Å²) < 4.78 is 5.78. The van der Waals surface area contributed by atoms with Crippen LogP contribution in [0.4, 0.5) is 11.8 Å². The molecule has 21 heavy (non-hydrogen) atoms. The van der Waals surface area contributed by atoms with Crippen LogP contribution in [0.1, 0.15) is 29.3 Å². The third-order valence-corrected chi connectivity index (χ3v) is 3.50. The Balaban J connectivity index is 2.21. The van der Waals surface area contributed by atoms with Crippen LogP contribution in [0, 0.1) is 13.8 Å². The van der Waals surface area contributed by atoms with E-state index >= 15 is 0 Å². The van der Waals surface area contributed by atoms with Gasteiger partial charge in [-0.3, -0.25) is 4.98 Å². The Hall–Kier alpha value is -2.37. The van der Waals surface area contributed by atoms with Gasteiger partial charge in [-0.15, -0.1) is 0 Å². The van der Waals surface area contributed by atoms with Gasteiger partial charge in [-0.2, -0.15) is 4.98 Å².